The van der Waals surface area contributed by atoms with E-state index in [0.29, 0.717) is 11.8 Å². The maximum absolute atomic E-state index is 11.9. The van der Waals surface area contributed by atoms with Crippen LogP contribution in [-0.4, -0.2) is 33.2 Å². The van der Waals surface area contributed by atoms with Gasteiger partial charge in [0.05, 0.1) is 15.6 Å². The normalized spacial score (nSPS) is 10.9. The zero-order chi connectivity index (χ0) is 20.7. The van der Waals surface area contributed by atoms with Crippen molar-refractivity contribution in [1.82, 2.24) is 14.3 Å². The number of alkyl halides is 3. The summed E-state index contributed by atoms with van der Waals surface area (Å²) in [4.78, 5) is 20.0. The third kappa shape index (κ3) is 6.88. The Balaban J connectivity index is 0.000000200. The molecule has 0 aliphatic rings. The number of carbonyl (C=O) groups excluding carboxylic acids is 1. The van der Waals surface area contributed by atoms with E-state index in [2.05, 4.69) is 19.7 Å². The van der Waals surface area contributed by atoms with E-state index in [1.54, 1.807) is 11.3 Å². The number of thioether (sulfide) groups is 1. The molecule has 1 N–H and O–H groups in total. The van der Waals surface area contributed by atoms with Gasteiger partial charge in [0.25, 0.3) is 0 Å². The van der Waals surface area contributed by atoms with Crippen LogP contribution in [0, 0.1) is 13.8 Å². The molecule has 0 spiro atoms. The summed E-state index contributed by atoms with van der Waals surface area (Å²) in [6, 6.07) is 5.75. The minimum atomic E-state index is -4.26. The van der Waals surface area contributed by atoms with E-state index in [1.807, 2.05) is 20.9 Å². The number of thiazole rings is 1. The zero-order valence-electron chi connectivity index (χ0n) is 15.2. The number of anilines is 1. The van der Waals surface area contributed by atoms with E-state index in [4.69, 9.17) is 0 Å². The molecule has 0 aliphatic carbocycles. The Bertz CT molecular complexity index is 907. The number of nitrogens with zero attached hydrogens (tertiary/aromatic N) is 3. The fourth-order valence-corrected chi connectivity index (χ4v) is 4.05. The quantitative estimate of drug-likeness (QED) is 0.420. The molecule has 1 aromatic carbocycles. The topological polar surface area (TPSA) is 67.8 Å². The first-order valence-electron chi connectivity index (χ1n) is 7.96. The lowest BCUT2D eigenvalue weighted by Gasteiger charge is -2.05. The highest BCUT2D eigenvalue weighted by Crippen LogP contribution is 2.36. The van der Waals surface area contributed by atoms with Gasteiger partial charge < -0.3 is 10.1 Å². The van der Waals surface area contributed by atoms with Crippen molar-refractivity contribution < 1.29 is 18.0 Å². The van der Waals surface area contributed by atoms with Crippen LogP contribution in [0.25, 0.3) is 10.7 Å². The number of hydrogen-bond donors (Lipinski definition) is 1. The first-order chi connectivity index (χ1) is 13.2. The monoisotopic (exact) mass is 446 g/mol. The van der Waals surface area contributed by atoms with E-state index in [-0.39, 0.29) is 23.1 Å². The van der Waals surface area contributed by atoms with Gasteiger partial charge in [0.1, 0.15) is 6.29 Å². The van der Waals surface area contributed by atoms with Gasteiger partial charge in [-0.2, -0.15) is 22.5 Å². The Kier molecular flexibility index (Phi) is 7.96. The van der Waals surface area contributed by atoms with Crippen LogP contribution in [0.2, 0.25) is 0 Å². The molecule has 3 aromatic rings. The first-order valence-corrected chi connectivity index (χ1v) is 10.4. The molecule has 0 amide bonds. The summed E-state index contributed by atoms with van der Waals surface area (Å²) in [7, 11) is 1.84. The number of rotatable bonds is 5. The maximum atomic E-state index is 11.9. The summed E-state index contributed by atoms with van der Waals surface area (Å²) in [5, 5.41) is 4.86. The molecule has 150 valence electrons. The van der Waals surface area contributed by atoms with Crippen LogP contribution < -0.4 is 5.32 Å². The summed E-state index contributed by atoms with van der Waals surface area (Å²) >= 11 is 2.84. The van der Waals surface area contributed by atoms with E-state index >= 15 is 0 Å². The molecule has 5 nitrogen and oxygen atoms in total. The van der Waals surface area contributed by atoms with Gasteiger partial charge in [0, 0.05) is 29.9 Å². The van der Waals surface area contributed by atoms with Crippen LogP contribution in [0.1, 0.15) is 16.3 Å². The van der Waals surface area contributed by atoms with Gasteiger partial charge in [0.2, 0.25) is 5.13 Å². The van der Waals surface area contributed by atoms with E-state index < -0.39 is 5.51 Å². The number of aldehydes is 1. The lowest BCUT2D eigenvalue weighted by atomic mass is 10.2. The number of hydrogen-bond acceptors (Lipinski definition) is 8. The van der Waals surface area contributed by atoms with E-state index in [0.717, 1.165) is 26.5 Å². The van der Waals surface area contributed by atoms with Crippen molar-refractivity contribution >= 4 is 46.0 Å². The highest BCUT2D eigenvalue weighted by molar-refractivity contribution is 8.00. The molecule has 2 heterocycles. The second-order valence-corrected chi connectivity index (χ2v) is 8.48. The van der Waals surface area contributed by atoms with Crippen LogP contribution in [-0.2, 0) is 11.2 Å². The molecule has 0 radical (unpaired) electrons. The molecule has 0 unspecified atom stereocenters. The Morgan fingerprint density at radius 1 is 1.18 bits per heavy atom. The summed E-state index contributed by atoms with van der Waals surface area (Å²) in [6.07, 6.45) is 0.947. The third-order valence-corrected chi connectivity index (χ3v) is 5.76. The second-order valence-electron chi connectivity index (χ2n) is 5.38. The minimum Gasteiger partial charge on any atom is -0.363 e. The van der Waals surface area contributed by atoms with Crippen LogP contribution in [0.3, 0.4) is 0 Å². The molecule has 11 heteroatoms. The molecular weight excluding hydrogens is 429 g/mol. The number of aryl methyl sites for hydroxylation is 2. The van der Waals surface area contributed by atoms with Gasteiger partial charge in [-0.25, -0.2) is 4.98 Å². The number of benzene rings is 1. The molecule has 0 bridgehead atoms. The van der Waals surface area contributed by atoms with Crippen molar-refractivity contribution in [1.29, 1.82) is 0 Å². The van der Waals surface area contributed by atoms with Gasteiger partial charge in [-0.3, -0.25) is 0 Å². The number of halogens is 3. The lowest BCUT2D eigenvalue weighted by Crippen LogP contribution is -1.98. The minimum absolute atomic E-state index is 0.132. The van der Waals surface area contributed by atoms with Crippen molar-refractivity contribution in [3.05, 3.63) is 40.5 Å². The molecule has 28 heavy (non-hydrogen) atoms. The number of carbonyl (C=O) groups is 1. The van der Waals surface area contributed by atoms with E-state index in [9.17, 15) is 18.0 Å². The average Bonchev–Trinajstić information content (AvgIpc) is 3.22. The van der Waals surface area contributed by atoms with Crippen molar-refractivity contribution in [3.63, 3.8) is 0 Å². The van der Waals surface area contributed by atoms with E-state index in [1.165, 1.54) is 35.8 Å². The Hall–Kier alpha value is -1.98. The van der Waals surface area contributed by atoms with Crippen molar-refractivity contribution in [2.75, 3.05) is 12.4 Å². The summed E-state index contributed by atoms with van der Waals surface area (Å²) < 4.78 is 40.0. The SMILES string of the molecule is CNc1nc(-c2sc(C)nc2C)ns1.O=CCc1ccc(SC(F)(F)F)cc1. The smallest absolute Gasteiger partial charge is 0.363 e. The highest BCUT2D eigenvalue weighted by atomic mass is 32.2. The van der Waals surface area contributed by atoms with Gasteiger partial charge >= 0.3 is 5.51 Å². The maximum Gasteiger partial charge on any atom is 0.446 e. The predicted octanol–water partition coefficient (Wildman–Crippen LogP) is 5.36. The number of aromatic nitrogens is 3. The molecule has 0 fully saturated rings. The van der Waals surface area contributed by atoms with Crippen LogP contribution >= 0.6 is 34.6 Å². The molecule has 0 aliphatic heterocycles. The predicted molar refractivity (Wildman–Crippen MR) is 108 cm³/mol. The highest BCUT2D eigenvalue weighted by Gasteiger charge is 2.28. The Morgan fingerprint density at radius 2 is 1.86 bits per heavy atom. The first kappa shape index (κ1) is 22.3. The summed E-state index contributed by atoms with van der Waals surface area (Å²) in [6.45, 7) is 3.98. The molecule has 0 saturated heterocycles. The molecule has 3 rings (SSSR count). The molecule has 2 aromatic heterocycles. The van der Waals surface area contributed by atoms with Crippen molar-refractivity contribution in [2.24, 2.45) is 0 Å². The standard InChI is InChI=1S/C9H7F3OS.C8H10N4S2/c10-9(11,12)14-8-3-1-7(2-4-8)5-6-13;1-4-6(13-5(2)10-4)7-11-8(9-3)14-12-7/h1-4,6H,5H2;1-3H3,(H,9,11,12). The number of nitrogens with one attached hydrogen (secondary N) is 1. The van der Waals surface area contributed by atoms with Gasteiger partial charge in [-0.15, -0.1) is 11.3 Å². The fraction of sp³-hybridized carbons (Fsp3) is 0.294. The molecule has 0 atom stereocenters. The fourth-order valence-electron chi connectivity index (χ4n) is 2.08. The van der Waals surface area contributed by atoms with Gasteiger partial charge in [-0.1, -0.05) is 12.1 Å². The van der Waals surface area contributed by atoms with Crippen LogP contribution in [0.4, 0.5) is 18.3 Å². The third-order valence-electron chi connectivity index (χ3n) is 3.22. The van der Waals surface area contributed by atoms with Crippen LogP contribution in [0.5, 0.6) is 0 Å². The summed E-state index contributed by atoms with van der Waals surface area (Å²) in [5.74, 6) is 0.780. The Morgan fingerprint density at radius 3 is 2.32 bits per heavy atom. The average molecular weight is 447 g/mol. The second kappa shape index (κ2) is 9.99. The van der Waals surface area contributed by atoms with Gasteiger partial charge in [-0.05, 0) is 43.3 Å². The largest absolute Gasteiger partial charge is 0.446 e. The van der Waals surface area contributed by atoms with Crippen molar-refractivity contribution in [3.8, 4) is 10.7 Å². The zero-order valence-corrected chi connectivity index (χ0v) is 17.7. The lowest BCUT2D eigenvalue weighted by molar-refractivity contribution is -0.107. The Labute approximate surface area is 172 Å². The molecular formula is C17H17F3N4OS3. The van der Waals surface area contributed by atoms with Crippen molar-refractivity contribution in [2.45, 2.75) is 30.7 Å². The summed E-state index contributed by atoms with van der Waals surface area (Å²) in [5.41, 5.74) is -2.54. The molecule has 0 saturated carbocycles. The van der Waals surface area contributed by atoms with Gasteiger partial charge in [0.15, 0.2) is 5.82 Å². The van der Waals surface area contributed by atoms with Crippen LogP contribution in [0.15, 0.2) is 29.2 Å².